The van der Waals surface area contributed by atoms with Gasteiger partial charge in [-0.2, -0.15) is 0 Å². The van der Waals surface area contributed by atoms with Crippen molar-refractivity contribution in [3.8, 4) is 0 Å². The third-order valence-corrected chi connectivity index (χ3v) is 4.44. The van der Waals surface area contributed by atoms with E-state index in [1.165, 1.54) is 6.07 Å². The molecule has 0 saturated carbocycles. The second-order valence-electron chi connectivity index (χ2n) is 5.29. The zero-order valence-corrected chi connectivity index (χ0v) is 12.4. The minimum atomic E-state index is -0.188. The SMILES string of the molecule is CCC1(CC)CN(c2cc(Cl)ccc2F)CCCN1. The quantitative estimate of drug-likeness (QED) is 0.907. The second kappa shape index (κ2) is 6.10. The molecular formula is C15H22ClFN2. The number of anilines is 1. The number of hydrogen-bond acceptors (Lipinski definition) is 2. The molecule has 0 bridgehead atoms. The first kappa shape index (κ1) is 14.6. The van der Waals surface area contributed by atoms with Crippen molar-refractivity contribution in [3.63, 3.8) is 0 Å². The lowest BCUT2D eigenvalue weighted by Crippen LogP contribution is -2.50. The van der Waals surface area contributed by atoms with Gasteiger partial charge in [0.15, 0.2) is 0 Å². The van der Waals surface area contributed by atoms with Gasteiger partial charge in [-0.25, -0.2) is 4.39 Å². The Morgan fingerprint density at radius 1 is 1.37 bits per heavy atom. The van der Waals surface area contributed by atoms with Crippen LogP contribution in [0.5, 0.6) is 0 Å². The van der Waals surface area contributed by atoms with Crippen LogP contribution in [0.4, 0.5) is 10.1 Å². The van der Waals surface area contributed by atoms with E-state index in [9.17, 15) is 4.39 Å². The van der Waals surface area contributed by atoms with E-state index in [1.54, 1.807) is 12.1 Å². The van der Waals surface area contributed by atoms with E-state index in [0.29, 0.717) is 10.7 Å². The van der Waals surface area contributed by atoms with Crippen LogP contribution in [0.3, 0.4) is 0 Å². The molecular weight excluding hydrogens is 263 g/mol. The van der Waals surface area contributed by atoms with Crippen molar-refractivity contribution in [1.82, 2.24) is 5.32 Å². The number of rotatable bonds is 3. The Kier molecular flexibility index (Phi) is 4.69. The van der Waals surface area contributed by atoms with Gasteiger partial charge in [0.05, 0.1) is 5.69 Å². The van der Waals surface area contributed by atoms with Gasteiger partial charge in [0.25, 0.3) is 0 Å². The normalized spacial score (nSPS) is 19.3. The fourth-order valence-electron chi connectivity index (χ4n) is 2.78. The number of nitrogens with zero attached hydrogens (tertiary/aromatic N) is 1. The minimum absolute atomic E-state index is 0.0747. The van der Waals surface area contributed by atoms with E-state index in [-0.39, 0.29) is 11.4 Å². The Bertz CT molecular complexity index is 432. The first-order valence-corrected chi connectivity index (χ1v) is 7.43. The summed E-state index contributed by atoms with van der Waals surface area (Å²) >= 11 is 6.01. The zero-order chi connectivity index (χ0) is 13.9. The van der Waals surface area contributed by atoms with Crippen LogP contribution in [0.1, 0.15) is 33.1 Å². The molecule has 106 valence electrons. The molecule has 0 aromatic heterocycles. The van der Waals surface area contributed by atoms with Crippen LogP contribution in [0.15, 0.2) is 18.2 Å². The molecule has 1 aliphatic heterocycles. The monoisotopic (exact) mass is 284 g/mol. The van der Waals surface area contributed by atoms with Gasteiger partial charge in [0, 0.05) is 23.7 Å². The smallest absolute Gasteiger partial charge is 0.146 e. The number of benzene rings is 1. The molecule has 0 atom stereocenters. The predicted octanol–water partition coefficient (Wildman–Crippen LogP) is 3.84. The third-order valence-electron chi connectivity index (χ3n) is 4.20. The van der Waals surface area contributed by atoms with Gasteiger partial charge < -0.3 is 10.2 Å². The van der Waals surface area contributed by atoms with Crippen LogP contribution < -0.4 is 10.2 Å². The van der Waals surface area contributed by atoms with Crippen molar-refractivity contribution in [3.05, 3.63) is 29.0 Å². The largest absolute Gasteiger partial charge is 0.367 e. The molecule has 2 rings (SSSR count). The second-order valence-corrected chi connectivity index (χ2v) is 5.72. The summed E-state index contributed by atoms with van der Waals surface area (Å²) < 4.78 is 14.0. The van der Waals surface area contributed by atoms with Crippen molar-refractivity contribution in [2.24, 2.45) is 0 Å². The van der Waals surface area contributed by atoms with E-state index in [2.05, 4.69) is 24.1 Å². The maximum absolute atomic E-state index is 14.0. The molecule has 1 aromatic rings. The average Bonchev–Trinajstić information content (AvgIpc) is 2.64. The summed E-state index contributed by atoms with van der Waals surface area (Å²) in [4.78, 5) is 2.13. The van der Waals surface area contributed by atoms with Crippen molar-refractivity contribution in [1.29, 1.82) is 0 Å². The van der Waals surface area contributed by atoms with E-state index in [1.807, 2.05) is 0 Å². The molecule has 2 nitrogen and oxygen atoms in total. The molecule has 1 saturated heterocycles. The van der Waals surface area contributed by atoms with Gasteiger partial charge in [-0.15, -0.1) is 0 Å². The Morgan fingerprint density at radius 3 is 2.79 bits per heavy atom. The minimum Gasteiger partial charge on any atom is -0.367 e. The van der Waals surface area contributed by atoms with Crippen molar-refractivity contribution in [2.45, 2.75) is 38.6 Å². The highest BCUT2D eigenvalue weighted by atomic mass is 35.5. The first-order chi connectivity index (χ1) is 9.10. The standard InChI is InChI=1S/C15H22ClFN2/c1-3-15(4-2)11-19(9-5-8-18-15)14-10-12(16)6-7-13(14)17/h6-7,10,18H,3-5,8-9,11H2,1-2H3. The summed E-state index contributed by atoms with van der Waals surface area (Å²) in [5, 5.41) is 4.22. The van der Waals surface area contributed by atoms with Gasteiger partial charge in [-0.3, -0.25) is 0 Å². The fraction of sp³-hybridized carbons (Fsp3) is 0.600. The topological polar surface area (TPSA) is 15.3 Å². The zero-order valence-electron chi connectivity index (χ0n) is 11.7. The molecule has 0 unspecified atom stereocenters. The van der Waals surface area contributed by atoms with Crippen molar-refractivity contribution < 1.29 is 4.39 Å². The van der Waals surface area contributed by atoms with Gasteiger partial charge in [-0.1, -0.05) is 25.4 Å². The average molecular weight is 285 g/mol. The Hall–Kier alpha value is -0.800. The molecule has 1 heterocycles. The molecule has 19 heavy (non-hydrogen) atoms. The van der Waals surface area contributed by atoms with Gasteiger partial charge in [0.1, 0.15) is 5.82 Å². The van der Waals surface area contributed by atoms with Crippen LogP contribution >= 0.6 is 11.6 Å². The summed E-state index contributed by atoms with van der Waals surface area (Å²) in [7, 11) is 0. The van der Waals surface area contributed by atoms with E-state index < -0.39 is 0 Å². The van der Waals surface area contributed by atoms with Crippen LogP contribution in [0.25, 0.3) is 0 Å². The molecule has 0 amide bonds. The number of nitrogens with one attached hydrogen (secondary N) is 1. The first-order valence-electron chi connectivity index (χ1n) is 7.05. The molecule has 1 aliphatic rings. The van der Waals surface area contributed by atoms with Crippen molar-refractivity contribution >= 4 is 17.3 Å². The Morgan fingerprint density at radius 2 is 2.11 bits per heavy atom. The maximum Gasteiger partial charge on any atom is 0.146 e. The van der Waals surface area contributed by atoms with E-state index in [4.69, 9.17) is 11.6 Å². The van der Waals surface area contributed by atoms with Crippen molar-refractivity contribution in [2.75, 3.05) is 24.5 Å². The summed E-state index contributed by atoms with van der Waals surface area (Å²) in [5.74, 6) is -0.188. The van der Waals surface area contributed by atoms with E-state index in [0.717, 1.165) is 38.9 Å². The molecule has 0 spiro atoms. The Balaban J connectivity index is 2.29. The lowest BCUT2D eigenvalue weighted by molar-refractivity contribution is 0.321. The molecule has 1 fully saturated rings. The Labute approximate surface area is 119 Å². The van der Waals surface area contributed by atoms with Gasteiger partial charge >= 0.3 is 0 Å². The van der Waals surface area contributed by atoms with Crippen LogP contribution in [0, 0.1) is 5.82 Å². The van der Waals surface area contributed by atoms with Crippen LogP contribution in [-0.4, -0.2) is 25.2 Å². The van der Waals surface area contributed by atoms with E-state index >= 15 is 0 Å². The van der Waals surface area contributed by atoms with Crippen LogP contribution in [-0.2, 0) is 0 Å². The number of hydrogen-bond donors (Lipinski definition) is 1. The maximum atomic E-state index is 14.0. The lowest BCUT2D eigenvalue weighted by atomic mass is 9.92. The summed E-state index contributed by atoms with van der Waals surface area (Å²) in [5.41, 5.74) is 0.702. The summed E-state index contributed by atoms with van der Waals surface area (Å²) in [6, 6.07) is 4.79. The predicted molar refractivity (Wildman–Crippen MR) is 79.6 cm³/mol. The molecule has 4 heteroatoms. The fourth-order valence-corrected chi connectivity index (χ4v) is 2.95. The number of halogens is 2. The highest BCUT2D eigenvalue weighted by Crippen LogP contribution is 2.28. The van der Waals surface area contributed by atoms with Gasteiger partial charge in [0.2, 0.25) is 0 Å². The molecule has 1 N–H and O–H groups in total. The molecule has 1 aromatic carbocycles. The third kappa shape index (κ3) is 3.21. The molecule has 0 radical (unpaired) electrons. The van der Waals surface area contributed by atoms with Gasteiger partial charge in [-0.05, 0) is 44.0 Å². The highest BCUT2D eigenvalue weighted by Gasteiger charge is 2.31. The molecule has 0 aliphatic carbocycles. The highest BCUT2D eigenvalue weighted by molar-refractivity contribution is 6.30. The lowest BCUT2D eigenvalue weighted by Gasteiger charge is -2.36. The summed E-state index contributed by atoms with van der Waals surface area (Å²) in [6.45, 7) is 7.06. The summed E-state index contributed by atoms with van der Waals surface area (Å²) in [6.07, 6.45) is 3.11. The van der Waals surface area contributed by atoms with Crippen LogP contribution in [0.2, 0.25) is 5.02 Å².